The van der Waals surface area contributed by atoms with Crippen LogP contribution in [0.5, 0.6) is 0 Å². The highest BCUT2D eigenvalue weighted by Gasteiger charge is 2.37. The molecule has 1 saturated carbocycles. The van der Waals surface area contributed by atoms with Crippen molar-refractivity contribution in [2.75, 3.05) is 24.3 Å². The molecule has 0 aliphatic heterocycles. The molecule has 0 atom stereocenters. The molecule has 1 heterocycles. The predicted octanol–water partition coefficient (Wildman–Crippen LogP) is 5.15. The highest BCUT2D eigenvalue weighted by atomic mass is 19.4. The fourth-order valence-electron chi connectivity index (χ4n) is 4.24. The van der Waals surface area contributed by atoms with Gasteiger partial charge < -0.3 is 15.5 Å². The molecule has 3 aromatic rings. The maximum atomic E-state index is 14.1. The Labute approximate surface area is 198 Å². The number of aromatic nitrogens is 2. The van der Waals surface area contributed by atoms with E-state index in [9.17, 15) is 26.7 Å². The van der Waals surface area contributed by atoms with E-state index in [0.29, 0.717) is 43.8 Å². The lowest BCUT2D eigenvalue weighted by atomic mass is 9.91. The fourth-order valence-corrected chi connectivity index (χ4v) is 4.24. The Kier molecular flexibility index (Phi) is 6.77. The zero-order valence-electron chi connectivity index (χ0n) is 19.1. The minimum Gasteiger partial charge on any atom is -0.362 e. The summed E-state index contributed by atoms with van der Waals surface area (Å²) in [6, 6.07) is 8.44. The summed E-state index contributed by atoms with van der Waals surface area (Å²) in [6.45, 7) is 0. The number of fused-ring (bicyclic) bond motifs is 1. The van der Waals surface area contributed by atoms with E-state index in [1.165, 1.54) is 0 Å². The first-order valence-corrected chi connectivity index (χ1v) is 11.1. The van der Waals surface area contributed by atoms with E-state index in [4.69, 9.17) is 0 Å². The number of hydrogen-bond donors (Lipinski definition) is 2. The van der Waals surface area contributed by atoms with Crippen molar-refractivity contribution in [3.63, 3.8) is 0 Å². The number of benzene rings is 2. The van der Waals surface area contributed by atoms with E-state index in [1.807, 2.05) is 43.3 Å². The second-order valence-corrected chi connectivity index (χ2v) is 8.74. The van der Waals surface area contributed by atoms with Crippen LogP contribution >= 0.6 is 0 Å². The van der Waals surface area contributed by atoms with Gasteiger partial charge in [0.1, 0.15) is 5.82 Å². The first-order valence-electron chi connectivity index (χ1n) is 11.1. The molecule has 2 aromatic carbocycles. The molecule has 186 valence electrons. The first-order chi connectivity index (χ1) is 16.5. The second-order valence-electron chi connectivity index (χ2n) is 8.74. The van der Waals surface area contributed by atoms with Crippen LogP contribution < -0.4 is 15.5 Å². The molecule has 0 unspecified atom stereocenters. The van der Waals surface area contributed by atoms with Crippen LogP contribution in [0.4, 0.5) is 33.7 Å². The first kappa shape index (κ1) is 24.6. The highest BCUT2D eigenvalue weighted by Crippen LogP contribution is 2.33. The molecule has 35 heavy (non-hydrogen) atoms. The van der Waals surface area contributed by atoms with Crippen molar-refractivity contribution in [3.8, 4) is 0 Å². The van der Waals surface area contributed by atoms with Gasteiger partial charge in [-0.3, -0.25) is 4.79 Å². The number of nitrogens with one attached hydrogen (secondary N) is 2. The lowest BCUT2D eigenvalue weighted by Gasteiger charge is -2.30. The Morgan fingerprint density at radius 2 is 1.60 bits per heavy atom. The summed E-state index contributed by atoms with van der Waals surface area (Å²) in [5.74, 6) is -3.56. The summed E-state index contributed by atoms with van der Waals surface area (Å²) >= 11 is 0. The van der Waals surface area contributed by atoms with Crippen LogP contribution in [0.3, 0.4) is 0 Å². The Hall–Kier alpha value is -3.50. The minimum atomic E-state index is -5.05. The quantitative estimate of drug-likeness (QED) is 0.482. The van der Waals surface area contributed by atoms with Crippen molar-refractivity contribution in [1.29, 1.82) is 0 Å². The maximum absolute atomic E-state index is 14.1. The molecular weight excluding hydrogens is 469 g/mol. The second kappa shape index (κ2) is 9.63. The molecule has 6 nitrogen and oxygen atoms in total. The summed E-state index contributed by atoms with van der Waals surface area (Å²) in [7, 11) is 3.80. The van der Waals surface area contributed by atoms with Crippen molar-refractivity contribution >= 4 is 28.6 Å². The van der Waals surface area contributed by atoms with Crippen LogP contribution in [-0.2, 0) is 6.18 Å². The van der Waals surface area contributed by atoms with Crippen LogP contribution in [0.1, 0.15) is 41.6 Å². The van der Waals surface area contributed by atoms with Gasteiger partial charge in [0.05, 0.1) is 16.6 Å². The van der Waals surface area contributed by atoms with Crippen LogP contribution in [0.15, 0.2) is 36.4 Å². The smallest absolute Gasteiger partial charge is 0.362 e. The van der Waals surface area contributed by atoms with Gasteiger partial charge >= 0.3 is 6.18 Å². The number of para-hydroxylation sites is 1. The minimum absolute atomic E-state index is 0.0413. The fraction of sp³-hybridized carbons (Fsp3) is 0.375. The molecule has 1 aliphatic rings. The monoisotopic (exact) mass is 493 g/mol. The number of carbonyl (C=O) groups is 1. The van der Waals surface area contributed by atoms with Gasteiger partial charge in [0, 0.05) is 31.6 Å². The molecule has 2 N–H and O–H groups in total. The Balaban J connectivity index is 1.38. The Bertz CT molecular complexity index is 1240. The Morgan fingerprint density at radius 1 is 0.943 bits per heavy atom. The zero-order valence-corrected chi connectivity index (χ0v) is 19.1. The molecule has 4 rings (SSSR count). The average molecular weight is 493 g/mol. The molecule has 1 aromatic heterocycles. The van der Waals surface area contributed by atoms with Crippen molar-refractivity contribution in [1.82, 2.24) is 15.3 Å². The number of alkyl halides is 3. The summed E-state index contributed by atoms with van der Waals surface area (Å²) in [5, 5.41) is 6.87. The molecule has 0 bridgehead atoms. The summed E-state index contributed by atoms with van der Waals surface area (Å²) in [4.78, 5) is 23.5. The maximum Gasteiger partial charge on any atom is 0.419 e. The topological polar surface area (TPSA) is 70.2 Å². The van der Waals surface area contributed by atoms with E-state index in [-0.39, 0.29) is 12.1 Å². The van der Waals surface area contributed by atoms with Crippen molar-refractivity contribution < 1.29 is 26.7 Å². The van der Waals surface area contributed by atoms with Gasteiger partial charge in [-0.25, -0.2) is 13.8 Å². The average Bonchev–Trinajstić information content (AvgIpc) is 2.80. The number of halogens is 5. The van der Waals surface area contributed by atoms with Gasteiger partial charge in [-0.1, -0.05) is 12.1 Å². The lowest BCUT2D eigenvalue weighted by molar-refractivity contribution is -0.140. The van der Waals surface area contributed by atoms with E-state index in [2.05, 4.69) is 20.6 Å². The van der Waals surface area contributed by atoms with Crippen molar-refractivity contribution in [3.05, 3.63) is 59.2 Å². The molecule has 1 fully saturated rings. The van der Waals surface area contributed by atoms with Gasteiger partial charge in [0.2, 0.25) is 5.95 Å². The van der Waals surface area contributed by atoms with E-state index in [1.54, 1.807) is 0 Å². The van der Waals surface area contributed by atoms with Crippen LogP contribution in [0, 0.1) is 11.6 Å². The summed E-state index contributed by atoms with van der Waals surface area (Å²) in [6.07, 6.45) is -2.65. The number of hydrogen-bond acceptors (Lipinski definition) is 5. The summed E-state index contributed by atoms with van der Waals surface area (Å²) in [5.41, 5.74) is -1.69. The number of nitrogens with zero attached hydrogens (tertiary/aromatic N) is 3. The number of anilines is 2. The molecule has 1 amide bonds. The van der Waals surface area contributed by atoms with Crippen LogP contribution in [0.25, 0.3) is 10.9 Å². The molecule has 0 spiro atoms. The third kappa shape index (κ3) is 5.28. The number of amides is 1. The molecule has 1 aliphatic carbocycles. The van der Waals surface area contributed by atoms with E-state index in [0.717, 1.165) is 16.7 Å². The predicted molar refractivity (Wildman–Crippen MR) is 122 cm³/mol. The summed E-state index contributed by atoms with van der Waals surface area (Å²) < 4.78 is 66.2. The van der Waals surface area contributed by atoms with Gasteiger partial charge in [-0.15, -0.1) is 0 Å². The molecular formula is C24H24F5N5O. The number of carbonyl (C=O) groups excluding carboxylic acids is 1. The highest BCUT2D eigenvalue weighted by molar-refractivity contribution is 5.94. The van der Waals surface area contributed by atoms with Crippen molar-refractivity contribution in [2.45, 2.75) is 43.9 Å². The molecule has 0 radical (unpaired) electrons. The van der Waals surface area contributed by atoms with Gasteiger partial charge in [0.15, 0.2) is 11.6 Å². The third-order valence-electron chi connectivity index (χ3n) is 6.03. The Morgan fingerprint density at radius 3 is 2.26 bits per heavy atom. The zero-order chi connectivity index (χ0) is 25.3. The SMILES string of the molecule is CN(C)c1nc(N[C@H]2CC[C@@H](NC(=O)c3ccc(C(F)(F)F)c(F)c3F)CC2)nc2ccccc12. The number of rotatable bonds is 5. The van der Waals surface area contributed by atoms with Gasteiger partial charge in [-0.05, 0) is 49.9 Å². The lowest BCUT2D eigenvalue weighted by Crippen LogP contribution is -2.40. The largest absolute Gasteiger partial charge is 0.419 e. The standard InChI is InChI=1S/C24H24F5N5O/c1-34(2)21-15-5-3-4-6-18(15)32-23(33-21)31-14-9-7-13(8-10-14)30-22(35)16-11-12-17(24(27,28)29)20(26)19(16)25/h3-6,11-14H,7-10H2,1-2H3,(H,30,35)(H,31,32,33)/t13-,14+. The van der Waals surface area contributed by atoms with Gasteiger partial charge in [-0.2, -0.15) is 18.2 Å². The van der Waals surface area contributed by atoms with Crippen LogP contribution in [-0.4, -0.2) is 42.1 Å². The molecule has 0 saturated heterocycles. The molecule has 11 heteroatoms. The normalized spacial score (nSPS) is 18.4. The van der Waals surface area contributed by atoms with Crippen molar-refractivity contribution in [2.24, 2.45) is 0 Å². The van der Waals surface area contributed by atoms with Crippen LogP contribution in [0.2, 0.25) is 0 Å². The van der Waals surface area contributed by atoms with E-state index < -0.39 is 34.8 Å². The third-order valence-corrected chi connectivity index (χ3v) is 6.03. The van der Waals surface area contributed by atoms with Gasteiger partial charge in [0.25, 0.3) is 5.91 Å². The van der Waals surface area contributed by atoms with E-state index >= 15 is 0 Å².